The summed E-state index contributed by atoms with van der Waals surface area (Å²) in [5.74, 6) is -0.0239. The summed E-state index contributed by atoms with van der Waals surface area (Å²) in [5.41, 5.74) is -0.742. The van der Waals surface area contributed by atoms with Crippen molar-refractivity contribution in [1.29, 1.82) is 0 Å². The number of nitrogens with zero attached hydrogens (tertiary/aromatic N) is 1. The van der Waals surface area contributed by atoms with Gasteiger partial charge in [-0.25, -0.2) is 4.98 Å². The molecule has 1 rings (SSSR count). The number of hydrogen-bond acceptors (Lipinski definition) is 3. The molecule has 2 nitrogen and oxygen atoms in total. The molecule has 14 heavy (non-hydrogen) atoms. The van der Waals surface area contributed by atoms with E-state index in [4.69, 9.17) is 0 Å². The van der Waals surface area contributed by atoms with Gasteiger partial charge < -0.3 is 4.74 Å². The maximum atomic E-state index is 12.3. The van der Waals surface area contributed by atoms with Crippen molar-refractivity contribution in [3.8, 4) is 5.88 Å². The van der Waals surface area contributed by atoms with Crippen molar-refractivity contribution in [2.45, 2.75) is 11.2 Å². The van der Waals surface area contributed by atoms with Crippen LogP contribution in [0, 0.1) is 0 Å². The first kappa shape index (κ1) is 11.2. The SMILES string of the molecule is COc1cc(C(F)(F)F)cc(SC)n1. The Labute approximate surface area is 83.5 Å². The number of hydrogen-bond donors (Lipinski definition) is 0. The van der Waals surface area contributed by atoms with Gasteiger partial charge in [-0.2, -0.15) is 13.2 Å². The Hall–Kier alpha value is -0.910. The molecule has 0 N–H and O–H groups in total. The van der Waals surface area contributed by atoms with Gasteiger partial charge in [-0.3, -0.25) is 0 Å². The van der Waals surface area contributed by atoms with E-state index in [0.29, 0.717) is 0 Å². The summed E-state index contributed by atoms with van der Waals surface area (Å²) in [6.07, 6.45) is -2.71. The summed E-state index contributed by atoms with van der Waals surface area (Å²) in [5, 5.41) is 0.289. The molecular weight excluding hydrogens is 215 g/mol. The summed E-state index contributed by atoms with van der Waals surface area (Å²) in [6.45, 7) is 0. The second-order valence-corrected chi connectivity index (χ2v) is 3.26. The predicted molar refractivity (Wildman–Crippen MR) is 47.6 cm³/mol. The highest BCUT2D eigenvalue weighted by Gasteiger charge is 2.31. The van der Waals surface area contributed by atoms with Crippen LogP contribution in [0.3, 0.4) is 0 Å². The Kier molecular flexibility index (Phi) is 3.25. The minimum atomic E-state index is -4.36. The molecule has 0 amide bonds. The number of methoxy groups -OCH3 is 1. The van der Waals surface area contributed by atoms with Gasteiger partial charge in [0.05, 0.1) is 12.7 Å². The highest BCUT2D eigenvalue weighted by atomic mass is 32.2. The zero-order valence-electron chi connectivity index (χ0n) is 7.55. The molecule has 0 aliphatic rings. The zero-order valence-corrected chi connectivity index (χ0v) is 8.37. The van der Waals surface area contributed by atoms with Gasteiger partial charge in [-0.15, -0.1) is 11.8 Å². The number of ether oxygens (including phenoxy) is 1. The lowest BCUT2D eigenvalue weighted by atomic mass is 10.2. The third kappa shape index (κ3) is 2.54. The average Bonchev–Trinajstić information content (AvgIpc) is 2.15. The molecule has 0 atom stereocenters. The Bertz CT molecular complexity index is 305. The van der Waals surface area contributed by atoms with Crippen LogP contribution in [-0.4, -0.2) is 18.3 Å². The van der Waals surface area contributed by atoms with Gasteiger partial charge in [0.15, 0.2) is 0 Å². The summed E-state index contributed by atoms with van der Waals surface area (Å²) in [4.78, 5) is 3.82. The zero-order chi connectivity index (χ0) is 10.8. The van der Waals surface area contributed by atoms with E-state index >= 15 is 0 Å². The van der Waals surface area contributed by atoms with Gasteiger partial charge in [-0.1, -0.05) is 0 Å². The lowest BCUT2D eigenvalue weighted by molar-refractivity contribution is -0.137. The van der Waals surface area contributed by atoms with Crippen LogP contribution >= 0.6 is 11.8 Å². The Morgan fingerprint density at radius 3 is 2.43 bits per heavy atom. The number of halogens is 3. The number of rotatable bonds is 2. The second-order valence-electron chi connectivity index (χ2n) is 2.44. The number of pyridine rings is 1. The maximum Gasteiger partial charge on any atom is 0.416 e. The lowest BCUT2D eigenvalue weighted by Gasteiger charge is -2.09. The van der Waals surface area contributed by atoms with Gasteiger partial charge in [-0.05, 0) is 12.3 Å². The van der Waals surface area contributed by atoms with E-state index in [-0.39, 0.29) is 10.9 Å². The highest BCUT2D eigenvalue weighted by Crippen LogP contribution is 2.32. The summed E-state index contributed by atoms with van der Waals surface area (Å²) < 4.78 is 41.7. The fourth-order valence-corrected chi connectivity index (χ4v) is 1.28. The summed E-state index contributed by atoms with van der Waals surface area (Å²) in [6, 6.07) is 1.87. The van der Waals surface area contributed by atoms with Crippen LogP contribution in [0.4, 0.5) is 13.2 Å². The van der Waals surface area contributed by atoms with Crippen molar-refractivity contribution in [3.05, 3.63) is 17.7 Å². The molecule has 0 aromatic carbocycles. The van der Waals surface area contributed by atoms with Gasteiger partial charge in [0.1, 0.15) is 5.03 Å². The maximum absolute atomic E-state index is 12.3. The second kappa shape index (κ2) is 4.08. The molecule has 0 saturated carbocycles. The molecule has 0 unspecified atom stereocenters. The molecular formula is C8H8F3NOS. The van der Waals surface area contributed by atoms with E-state index in [0.717, 1.165) is 23.9 Å². The van der Waals surface area contributed by atoms with E-state index in [1.807, 2.05) is 0 Å². The van der Waals surface area contributed by atoms with Crippen molar-refractivity contribution >= 4 is 11.8 Å². The van der Waals surface area contributed by atoms with Crippen LogP contribution in [0.1, 0.15) is 5.56 Å². The minimum Gasteiger partial charge on any atom is -0.481 e. The first-order valence-electron chi connectivity index (χ1n) is 3.64. The predicted octanol–water partition coefficient (Wildman–Crippen LogP) is 2.83. The van der Waals surface area contributed by atoms with Gasteiger partial charge in [0.2, 0.25) is 5.88 Å². The molecule has 1 heterocycles. The minimum absolute atomic E-state index is 0.0239. The molecule has 0 bridgehead atoms. The van der Waals surface area contributed by atoms with E-state index in [9.17, 15) is 13.2 Å². The third-order valence-corrected chi connectivity index (χ3v) is 2.15. The Morgan fingerprint density at radius 2 is 2.00 bits per heavy atom. The molecule has 0 radical (unpaired) electrons. The van der Waals surface area contributed by atoms with Gasteiger partial charge in [0, 0.05) is 6.07 Å². The third-order valence-electron chi connectivity index (χ3n) is 1.52. The van der Waals surface area contributed by atoms with Gasteiger partial charge >= 0.3 is 6.18 Å². The molecule has 0 aliphatic carbocycles. The van der Waals surface area contributed by atoms with Crippen molar-refractivity contribution in [1.82, 2.24) is 4.98 Å². The van der Waals surface area contributed by atoms with Crippen molar-refractivity contribution < 1.29 is 17.9 Å². The number of alkyl halides is 3. The topological polar surface area (TPSA) is 22.1 Å². The fraction of sp³-hybridized carbons (Fsp3) is 0.375. The van der Waals surface area contributed by atoms with Crippen molar-refractivity contribution in [3.63, 3.8) is 0 Å². The van der Waals surface area contributed by atoms with Gasteiger partial charge in [0.25, 0.3) is 0 Å². The highest BCUT2D eigenvalue weighted by molar-refractivity contribution is 7.98. The van der Waals surface area contributed by atoms with Crippen LogP contribution in [0.2, 0.25) is 0 Å². The molecule has 1 aromatic rings. The first-order chi connectivity index (χ1) is 6.47. The number of aromatic nitrogens is 1. The average molecular weight is 223 g/mol. The van der Waals surface area contributed by atoms with E-state index in [1.54, 1.807) is 6.26 Å². The first-order valence-corrected chi connectivity index (χ1v) is 4.87. The fourth-order valence-electron chi connectivity index (χ4n) is 0.854. The monoisotopic (exact) mass is 223 g/mol. The van der Waals surface area contributed by atoms with E-state index in [2.05, 4.69) is 9.72 Å². The number of thioether (sulfide) groups is 1. The van der Waals surface area contributed by atoms with E-state index < -0.39 is 11.7 Å². The smallest absolute Gasteiger partial charge is 0.416 e. The van der Waals surface area contributed by atoms with Crippen LogP contribution in [0.15, 0.2) is 17.2 Å². The van der Waals surface area contributed by atoms with E-state index in [1.165, 1.54) is 7.11 Å². The quantitative estimate of drug-likeness (QED) is 0.720. The van der Waals surface area contributed by atoms with Crippen molar-refractivity contribution in [2.75, 3.05) is 13.4 Å². The molecule has 1 aromatic heterocycles. The van der Waals surface area contributed by atoms with Crippen LogP contribution in [0.5, 0.6) is 5.88 Å². The standard InChI is InChI=1S/C8H8F3NOS/c1-13-6-3-5(8(9,10)11)4-7(12-6)14-2/h3-4H,1-2H3. The summed E-state index contributed by atoms with van der Waals surface area (Å²) in [7, 11) is 1.28. The molecule has 6 heteroatoms. The van der Waals surface area contributed by atoms with Crippen molar-refractivity contribution in [2.24, 2.45) is 0 Å². The normalized spacial score (nSPS) is 11.5. The van der Waals surface area contributed by atoms with Crippen LogP contribution in [-0.2, 0) is 6.18 Å². The summed E-state index contributed by atoms with van der Waals surface area (Å²) >= 11 is 1.14. The molecule has 0 saturated heterocycles. The Balaban J connectivity index is 3.17. The molecule has 0 aliphatic heterocycles. The Morgan fingerprint density at radius 1 is 1.36 bits per heavy atom. The molecule has 0 fully saturated rings. The molecule has 0 spiro atoms. The van der Waals surface area contributed by atoms with Crippen LogP contribution < -0.4 is 4.74 Å². The largest absolute Gasteiger partial charge is 0.481 e. The lowest BCUT2D eigenvalue weighted by Crippen LogP contribution is -2.06. The van der Waals surface area contributed by atoms with Crippen LogP contribution in [0.25, 0.3) is 0 Å². The molecule has 78 valence electrons.